The van der Waals surface area contributed by atoms with Crippen molar-refractivity contribution in [1.82, 2.24) is 4.90 Å². The van der Waals surface area contributed by atoms with Gasteiger partial charge in [0.05, 0.1) is 37.5 Å². The van der Waals surface area contributed by atoms with Crippen LogP contribution >= 0.6 is 0 Å². The van der Waals surface area contributed by atoms with Crippen LogP contribution in [0.2, 0.25) is 0 Å². The van der Waals surface area contributed by atoms with Crippen molar-refractivity contribution >= 4 is 5.97 Å². The molecule has 1 saturated heterocycles. The number of aliphatic hydroxyl groups is 4. The summed E-state index contributed by atoms with van der Waals surface area (Å²) in [6.07, 6.45) is -0.576. The van der Waals surface area contributed by atoms with Gasteiger partial charge in [0.25, 0.3) is 0 Å². The van der Waals surface area contributed by atoms with E-state index in [1.165, 1.54) is 7.11 Å². The van der Waals surface area contributed by atoms with Gasteiger partial charge in [-0.15, -0.1) is 0 Å². The van der Waals surface area contributed by atoms with Crippen LogP contribution in [0.25, 0.3) is 0 Å². The molecule has 6 aliphatic rings. The van der Waals surface area contributed by atoms with Crippen molar-refractivity contribution < 1.29 is 44.2 Å². The zero-order chi connectivity index (χ0) is 29.2. The van der Waals surface area contributed by atoms with E-state index in [0.29, 0.717) is 25.3 Å². The molecule has 1 aromatic rings. The molecule has 41 heavy (non-hydrogen) atoms. The predicted molar refractivity (Wildman–Crippen MR) is 145 cm³/mol. The molecule has 226 valence electrons. The Balaban J connectivity index is 1.40. The van der Waals surface area contributed by atoms with Gasteiger partial charge < -0.3 is 39.4 Å². The van der Waals surface area contributed by atoms with Crippen molar-refractivity contribution in [3.05, 3.63) is 29.8 Å². The number of piperidine rings is 1. The Bertz CT molecular complexity index is 1230. The molecule has 7 rings (SSSR count). The molecule has 5 aliphatic carbocycles. The van der Waals surface area contributed by atoms with Crippen molar-refractivity contribution in [2.45, 2.75) is 80.2 Å². The largest absolute Gasteiger partial charge is 0.497 e. The molecule has 1 aliphatic heterocycles. The van der Waals surface area contributed by atoms with Crippen molar-refractivity contribution in [3.8, 4) is 5.75 Å². The van der Waals surface area contributed by atoms with Gasteiger partial charge in [0, 0.05) is 49.9 Å². The molecule has 4 N–H and O–H groups in total. The summed E-state index contributed by atoms with van der Waals surface area (Å²) in [6, 6.07) is 5.99. The van der Waals surface area contributed by atoms with E-state index in [9.17, 15) is 25.2 Å². The number of carbonyl (C=O) groups excluding carboxylic acids is 1. The molecule has 7 bridgehead atoms. The fraction of sp³-hybridized carbons (Fsp3) is 0.774. The fourth-order valence-corrected chi connectivity index (χ4v) is 11.5. The Kier molecular flexibility index (Phi) is 6.06. The van der Waals surface area contributed by atoms with Crippen LogP contribution in [0.3, 0.4) is 0 Å². The lowest BCUT2D eigenvalue weighted by molar-refractivity contribution is -0.365. The van der Waals surface area contributed by atoms with Gasteiger partial charge in [-0.2, -0.15) is 0 Å². The first-order chi connectivity index (χ1) is 19.5. The van der Waals surface area contributed by atoms with Crippen LogP contribution in [0.5, 0.6) is 5.75 Å². The van der Waals surface area contributed by atoms with E-state index in [1.54, 1.807) is 38.5 Å². The Morgan fingerprint density at radius 1 is 1.07 bits per heavy atom. The van der Waals surface area contributed by atoms with Gasteiger partial charge in [-0.1, -0.05) is 6.92 Å². The van der Waals surface area contributed by atoms with Gasteiger partial charge >= 0.3 is 5.97 Å². The number of likely N-dealkylation sites (N-methyl/N-ethyl adjacent to an activating group) is 1. The number of likely N-dealkylation sites (tertiary alicyclic amines) is 1. The van der Waals surface area contributed by atoms with Crippen LogP contribution in [0.15, 0.2) is 24.3 Å². The van der Waals surface area contributed by atoms with E-state index in [4.69, 9.17) is 18.9 Å². The molecule has 5 saturated carbocycles. The number of esters is 1. The third-order valence-corrected chi connectivity index (χ3v) is 12.7. The zero-order valence-corrected chi connectivity index (χ0v) is 24.3. The Labute approximate surface area is 240 Å². The predicted octanol–water partition coefficient (Wildman–Crippen LogP) is 0.980. The molecule has 1 aromatic carbocycles. The topological polar surface area (TPSA) is 138 Å². The highest BCUT2D eigenvalue weighted by atomic mass is 16.6. The van der Waals surface area contributed by atoms with Gasteiger partial charge in [-0.3, -0.25) is 4.90 Å². The average molecular weight is 574 g/mol. The van der Waals surface area contributed by atoms with Crippen LogP contribution in [0.1, 0.15) is 49.4 Å². The Morgan fingerprint density at radius 3 is 2.44 bits per heavy atom. The van der Waals surface area contributed by atoms with Crippen LogP contribution < -0.4 is 4.74 Å². The Morgan fingerprint density at radius 2 is 1.80 bits per heavy atom. The lowest BCUT2D eigenvalue weighted by atomic mass is 9.41. The van der Waals surface area contributed by atoms with Crippen molar-refractivity contribution in [3.63, 3.8) is 0 Å². The summed E-state index contributed by atoms with van der Waals surface area (Å²) >= 11 is 0. The lowest BCUT2D eigenvalue weighted by Crippen LogP contribution is -2.87. The minimum Gasteiger partial charge on any atom is -0.497 e. The van der Waals surface area contributed by atoms with E-state index in [2.05, 4.69) is 11.8 Å². The van der Waals surface area contributed by atoms with Crippen LogP contribution in [0, 0.1) is 28.6 Å². The molecule has 0 unspecified atom stereocenters. The molecule has 10 nitrogen and oxygen atoms in total. The quantitative estimate of drug-likeness (QED) is 0.349. The van der Waals surface area contributed by atoms with E-state index in [0.717, 1.165) is 19.4 Å². The third-order valence-electron chi connectivity index (χ3n) is 12.7. The summed E-state index contributed by atoms with van der Waals surface area (Å²) < 4.78 is 23.4. The van der Waals surface area contributed by atoms with Crippen molar-refractivity contribution in [2.24, 2.45) is 28.6 Å². The van der Waals surface area contributed by atoms with Crippen LogP contribution in [-0.4, -0.2) is 113 Å². The molecule has 0 radical (unpaired) electrons. The minimum absolute atomic E-state index is 0.0936. The number of nitrogens with zero attached hydrogens (tertiary/aromatic N) is 1. The first-order valence-corrected chi connectivity index (χ1v) is 15.0. The maximum atomic E-state index is 13.5. The summed E-state index contributed by atoms with van der Waals surface area (Å²) in [5.41, 5.74) is -6.62. The number of ether oxygens (including phenoxy) is 4. The van der Waals surface area contributed by atoms with Gasteiger partial charge in [0.1, 0.15) is 28.7 Å². The van der Waals surface area contributed by atoms with E-state index in [1.807, 2.05) is 0 Å². The first-order valence-electron chi connectivity index (χ1n) is 15.0. The highest BCUT2D eigenvalue weighted by molar-refractivity contribution is 5.89. The molecule has 1 spiro atoms. The molecule has 1 heterocycles. The van der Waals surface area contributed by atoms with Crippen molar-refractivity contribution in [2.75, 3.05) is 41.0 Å². The Hall–Kier alpha value is -1.79. The number of benzene rings is 1. The molecular formula is C31H43NO9. The monoisotopic (exact) mass is 573 g/mol. The SMILES string of the molecule is CCN1C[C@]2(COC)CC[C@H](OC)[C@@]34[C@@H]2C[C@](O)([C@@H]13)[C@@]1(O)C[C@H](O)[C@H]2C[C@@H]4[C@]1(O)[C@H]2OC(=O)c1ccc(OC)cc1. The first kappa shape index (κ1) is 28.0. The summed E-state index contributed by atoms with van der Waals surface area (Å²) in [7, 11) is 4.93. The van der Waals surface area contributed by atoms with Crippen molar-refractivity contribution in [1.29, 1.82) is 0 Å². The molecule has 0 amide bonds. The highest BCUT2D eigenvalue weighted by Crippen LogP contribution is 2.81. The van der Waals surface area contributed by atoms with E-state index < -0.39 is 58.3 Å². The number of hydrogen-bond acceptors (Lipinski definition) is 10. The minimum atomic E-state index is -2.11. The summed E-state index contributed by atoms with van der Waals surface area (Å²) in [5, 5.41) is 50.1. The summed E-state index contributed by atoms with van der Waals surface area (Å²) in [5.74, 6) is -1.35. The number of carbonyl (C=O) groups is 1. The second kappa shape index (κ2) is 8.87. The van der Waals surface area contributed by atoms with Gasteiger partial charge in [0.2, 0.25) is 0 Å². The molecule has 12 atom stereocenters. The smallest absolute Gasteiger partial charge is 0.338 e. The third kappa shape index (κ3) is 3.00. The van der Waals surface area contributed by atoms with Gasteiger partial charge in [0.15, 0.2) is 0 Å². The number of aliphatic hydroxyl groups excluding tert-OH is 1. The average Bonchev–Trinajstić information content (AvgIpc) is 3.33. The molecule has 10 heteroatoms. The number of rotatable bonds is 7. The highest BCUT2D eigenvalue weighted by Gasteiger charge is 2.93. The number of methoxy groups -OCH3 is 3. The second-order valence-electron chi connectivity index (χ2n) is 13.7. The molecule has 0 aromatic heterocycles. The van der Waals surface area contributed by atoms with Crippen LogP contribution in [-0.2, 0) is 14.2 Å². The van der Waals surface area contributed by atoms with Crippen LogP contribution in [0.4, 0.5) is 0 Å². The zero-order valence-electron chi connectivity index (χ0n) is 24.3. The summed E-state index contributed by atoms with van der Waals surface area (Å²) in [6.45, 7) is 3.92. The standard InChI is InChI=1S/C31H43NO9/c1-5-32-15-27(16-38-2)11-10-23(40-4)30-21-12-19-20(33)13-29(36,28(35,26(30)32)14-22(27)30)31(21,37)24(19)41-25(34)17-6-8-18(39-3)9-7-17/h6-9,19-24,26,33,35-37H,5,10-16H2,1-4H3/t19-,20+,21+,22-,23+,24+,26-,27+,28+,29+,30-,31+/m1/s1. The number of fused-ring (bicyclic) bond motifs is 2. The lowest BCUT2D eigenvalue weighted by Gasteiger charge is -2.72. The fourth-order valence-electron chi connectivity index (χ4n) is 11.5. The summed E-state index contributed by atoms with van der Waals surface area (Å²) in [4.78, 5) is 15.7. The maximum absolute atomic E-state index is 13.5. The molecule has 6 fully saturated rings. The van der Waals surface area contributed by atoms with E-state index in [-0.39, 0.29) is 35.8 Å². The van der Waals surface area contributed by atoms with Gasteiger partial charge in [-0.05, 0) is 62.4 Å². The van der Waals surface area contributed by atoms with E-state index >= 15 is 0 Å². The normalized spacial score (nSPS) is 51.0. The number of hydrogen-bond donors (Lipinski definition) is 4. The maximum Gasteiger partial charge on any atom is 0.338 e. The van der Waals surface area contributed by atoms with Gasteiger partial charge in [-0.25, -0.2) is 4.79 Å². The second-order valence-corrected chi connectivity index (χ2v) is 13.7. The molecular weight excluding hydrogens is 530 g/mol.